The number of nitrogens with two attached hydrogens (primary N) is 1. The molecule has 0 bridgehead atoms. The molecule has 2 aromatic heterocycles. The van der Waals surface area contributed by atoms with E-state index in [9.17, 15) is 13.2 Å². The number of aryl methyl sites for hydroxylation is 2. The van der Waals surface area contributed by atoms with Crippen LogP contribution in [0.15, 0.2) is 35.4 Å². The van der Waals surface area contributed by atoms with Crippen LogP contribution in [0.25, 0.3) is 11.0 Å². The number of pyridine rings is 1. The summed E-state index contributed by atoms with van der Waals surface area (Å²) in [5.74, 6) is 0.137. The predicted molar refractivity (Wildman–Crippen MR) is 102 cm³/mol. The molecule has 0 spiro atoms. The van der Waals surface area contributed by atoms with Crippen LogP contribution in [0.5, 0.6) is 11.6 Å². The number of ether oxygens (including phenoxy) is 1. The molecule has 2 heterocycles. The van der Waals surface area contributed by atoms with E-state index in [-0.39, 0.29) is 27.7 Å². The Labute approximate surface area is 163 Å². The number of rotatable bonds is 4. The second kappa shape index (κ2) is 7.43. The van der Waals surface area contributed by atoms with Crippen LogP contribution in [0.1, 0.15) is 16.8 Å². The predicted octanol–water partition coefficient (Wildman–Crippen LogP) is 3.25. The maximum atomic E-state index is 13.5. The number of fused-ring (bicyclic) bond motifs is 1. The first-order chi connectivity index (χ1) is 13.1. The highest BCUT2D eigenvalue weighted by Crippen LogP contribution is 2.38. The molecular weight excluding hydrogens is 393 g/mol. The van der Waals surface area contributed by atoms with Gasteiger partial charge in [-0.2, -0.15) is 28.4 Å². The van der Waals surface area contributed by atoms with Gasteiger partial charge in [0.2, 0.25) is 5.88 Å². The normalized spacial score (nSPS) is 11.9. The minimum absolute atomic E-state index is 0.0311. The summed E-state index contributed by atoms with van der Waals surface area (Å²) in [5, 5.41) is 7.82. The molecular formula is C17H15F3N6OS. The molecule has 0 aliphatic carbocycles. The van der Waals surface area contributed by atoms with Gasteiger partial charge >= 0.3 is 6.18 Å². The van der Waals surface area contributed by atoms with E-state index < -0.39 is 11.7 Å². The molecule has 7 nitrogen and oxygen atoms in total. The van der Waals surface area contributed by atoms with Crippen LogP contribution in [-0.2, 0) is 13.2 Å². The molecule has 0 fully saturated rings. The van der Waals surface area contributed by atoms with E-state index in [1.54, 1.807) is 24.3 Å². The summed E-state index contributed by atoms with van der Waals surface area (Å²) < 4.78 is 47.3. The zero-order valence-corrected chi connectivity index (χ0v) is 15.6. The van der Waals surface area contributed by atoms with E-state index in [1.807, 2.05) is 0 Å². The van der Waals surface area contributed by atoms with Crippen molar-refractivity contribution in [3.8, 4) is 11.6 Å². The Balaban J connectivity index is 1.91. The van der Waals surface area contributed by atoms with Gasteiger partial charge in [-0.15, -0.1) is 0 Å². The monoisotopic (exact) mass is 408 g/mol. The highest BCUT2D eigenvalue weighted by atomic mass is 32.1. The number of nitrogens with one attached hydrogen (secondary N) is 1. The van der Waals surface area contributed by atoms with Crippen molar-refractivity contribution >= 4 is 34.6 Å². The maximum Gasteiger partial charge on any atom is 0.417 e. The molecule has 0 atom stereocenters. The van der Waals surface area contributed by atoms with Crippen molar-refractivity contribution in [3.05, 3.63) is 47.2 Å². The quantitative estimate of drug-likeness (QED) is 0.391. The lowest BCUT2D eigenvalue weighted by Crippen LogP contribution is -2.23. The Morgan fingerprint density at radius 3 is 2.61 bits per heavy atom. The highest BCUT2D eigenvalue weighted by molar-refractivity contribution is 7.80. The first kappa shape index (κ1) is 19.5. The molecule has 28 heavy (non-hydrogen) atoms. The van der Waals surface area contributed by atoms with Crippen molar-refractivity contribution in [1.29, 1.82) is 0 Å². The van der Waals surface area contributed by atoms with Crippen LogP contribution in [0.4, 0.5) is 13.2 Å². The minimum atomic E-state index is -4.57. The van der Waals surface area contributed by atoms with E-state index in [0.717, 1.165) is 6.07 Å². The average molecular weight is 408 g/mol. The van der Waals surface area contributed by atoms with Crippen LogP contribution < -0.4 is 15.9 Å². The number of hydrogen-bond donors (Lipinski definition) is 2. The van der Waals surface area contributed by atoms with E-state index in [4.69, 9.17) is 10.5 Å². The highest BCUT2D eigenvalue weighted by Gasteiger charge is 2.35. The fraction of sp³-hybridized carbons (Fsp3) is 0.176. The number of halogens is 3. The molecule has 146 valence electrons. The Hall–Kier alpha value is -3.21. The van der Waals surface area contributed by atoms with Gasteiger partial charge in [-0.3, -0.25) is 10.1 Å². The fourth-order valence-corrected chi connectivity index (χ4v) is 2.66. The van der Waals surface area contributed by atoms with Gasteiger partial charge in [0, 0.05) is 13.1 Å². The lowest BCUT2D eigenvalue weighted by molar-refractivity contribution is -0.136. The number of hydrazone groups is 1. The summed E-state index contributed by atoms with van der Waals surface area (Å²) >= 11 is 4.63. The summed E-state index contributed by atoms with van der Waals surface area (Å²) in [6.07, 6.45) is -3.09. The average Bonchev–Trinajstić information content (AvgIpc) is 2.89. The number of thiocarbonyl (C=S) groups is 1. The van der Waals surface area contributed by atoms with E-state index in [2.05, 4.69) is 32.8 Å². The van der Waals surface area contributed by atoms with Gasteiger partial charge in [-0.05, 0) is 49.0 Å². The summed E-state index contributed by atoms with van der Waals surface area (Å²) in [6.45, 7) is 1.51. The number of hydrogen-bond acceptors (Lipinski definition) is 5. The van der Waals surface area contributed by atoms with E-state index >= 15 is 0 Å². The molecule has 1 aromatic carbocycles. The van der Waals surface area contributed by atoms with Crippen molar-refractivity contribution in [3.63, 3.8) is 0 Å². The zero-order chi connectivity index (χ0) is 20.5. The van der Waals surface area contributed by atoms with Crippen molar-refractivity contribution in [1.82, 2.24) is 20.2 Å². The van der Waals surface area contributed by atoms with Crippen LogP contribution in [-0.4, -0.2) is 26.1 Å². The minimum Gasteiger partial charge on any atom is -0.439 e. The summed E-state index contributed by atoms with van der Waals surface area (Å²) in [5.41, 5.74) is 7.88. The van der Waals surface area contributed by atoms with Crippen molar-refractivity contribution < 1.29 is 17.9 Å². The summed E-state index contributed by atoms with van der Waals surface area (Å²) in [6, 6.07) is 7.36. The van der Waals surface area contributed by atoms with Crippen LogP contribution in [0.2, 0.25) is 0 Å². The van der Waals surface area contributed by atoms with Crippen LogP contribution in [0, 0.1) is 6.92 Å². The van der Waals surface area contributed by atoms with E-state index in [1.165, 1.54) is 24.9 Å². The SMILES string of the molecule is Cc1nn(C)c2nc(Oc3ccc(C=NNC(N)=S)cc3)cc(C(F)(F)F)c12. The van der Waals surface area contributed by atoms with Gasteiger partial charge in [0.25, 0.3) is 0 Å². The molecule has 11 heteroatoms. The lowest BCUT2D eigenvalue weighted by atomic mass is 10.1. The largest absolute Gasteiger partial charge is 0.439 e. The second-order valence-corrected chi connectivity index (χ2v) is 6.26. The third-order valence-electron chi connectivity index (χ3n) is 3.74. The number of aromatic nitrogens is 3. The molecule has 0 aliphatic heterocycles. The van der Waals surface area contributed by atoms with Crippen LogP contribution in [0.3, 0.4) is 0 Å². The number of benzene rings is 1. The third-order valence-corrected chi connectivity index (χ3v) is 3.83. The first-order valence-corrected chi connectivity index (χ1v) is 8.34. The second-order valence-electron chi connectivity index (χ2n) is 5.82. The van der Waals surface area contributed by atoms with Gasteiger partial charge in [-0.1, -0.05) is 0 Å². The topological polar surface area (TPSA) is 90.3 Å². The Bertz CT molecular complexity index is 1060. The van der Waals surface area contributed by atoms with Crippen molar-refractivity contribution in [2.24, 2.45) is 17.9 Å². The summed E-state index contributed by atoms with van der Waals surface area (Å²) in [4.78, 5) is 4.17. The zero-order valence-electron chi connectivity index (χ0n) is 14.8. The third kappa shape index (κ3) is 4.19. The van der Waals surface area contributed by atoms with Gasteiger partial charge in [0.15, 0.2) is 10.8 Å². The maximum absolute atomic E-state index is 13.5. The summed E-state index contributed by atoms with van der Waals surface area (Å²) in [7, 11) is 1.53. The molecule has 0 saturated carbocycles. The number of nitrogens with zero attached hydrogens (tertiary/aromatic N) is 4. The molecule has 3 N–H and O–H groups in total. The molecule has 3 aromatic rings. The van der Waals surface area contributed by atoms with Gasteiger partial charge in [0.1, 0.15) is 5.75 Å². The number of alkyl halides is 3. The van der Waals surface area contributed by atoms with Gasteiger partial charge in [-0.25, -0.2) is 0 Å². The van der Waals surface area contributed by atoms with Gasteiger partial charge < -0.3 is 10.5 Å². The van der Waals surface area contributed by atoms with E-state index in [0.29, 0.717) is 11.3 Å². The molecule has 0 saturated heterocycles. The van der Waals surface area contributed by atoms with Crippen LogP contribution >= 0.6 is 12.2 Å². The molecule has 0 unspecified atom stereocenters. The Morgan fingerprint density at radius 1 is 1.32 bits per heavy atom. The van der Waals surface area contributed by atoms with Crippen molar-refractivity contribution in [2.45, 2.75) is 13.1 Å². The molecule has 0 radical (unpaired) electrons. The lowest BCUT2D eigenvalue weighted by Gasteiger charge is -2.11. The molecule has 3 rings (SSSR count). The standard InChI is InChI=1S/C17H15F3N6OS/c1-9-14-12(17(18,19)20)7-13(23-15(14)26(2)25-9)27-11-5-3-10(4-6-11)8-22-24-16(21)28/h3-8H,1-2H3,(H3,21,24,28). The molecule has 0 aliphatic rings. The molecule has 0 amide bonds. The smallest absolute Gasteiger partial charge is 0.417 e. The Kier molecular flexibility index (Phi) is 5.18. The Morgan fingerprint density at radius 2 is 2.00 bits per heavy atom. The first-order valence-electron chi connectivity index (χ1n) is 7.93. The van der Waals surface area contributed by atoms with Gasteiger partial charge in [0.05, 0.1) is 22.9 Å². The fourth-order valence-electron chi connectivity index (χ4n) is 2.61. The van der Waals surface area contributed by atoms with Crippen molar-refractivity contribution in [2.75, 3.05) is 0 Å².